The van der Waals surface area contributed by atoms with Gasteiger partial charge in [-0.05, 0) is 37.1 Å². The summed E-state index contributed by atoms with van der Waals surface area (Å²) >= 11 is 0. The molecule has 0 radical (unpaired) electrons. The van der Waals surface area contributed by atoms with Crippen molar-refractivity contribution in [3.05, 3.63) is 0 Å². The van der Waals surface area contributed by atoms with Gasteiger partial charge in [-0.1, -0.05) is 0 Å². The molecular weight excluding hydrogens is 190 g/mol. The van der Waals surface area contributed by atoms with Gasteiger partial charge in [0.25, 0.3) is 0 Å². The molecule has 2 N–H and O–H groups in total. The van der Waals surface area contributed by atoms with Crippen LogP contribution in [0.5, 0.6) is 0 Å². The van der Waals surface area contributed by atoms with Gasteiger partial charge < -0.3 is 10.5 Å². The monoisotopic (exact) mass is 205 g/mol. The Morgan fingerprint density at radius 3 is 2.54 bits per heavy atom. The van der Waals surface area contributed by atoms with Crippen molar-refractivity contribution in [2.24, 2.45) is 23.0 Å². The molecule has 4 heteroatoms. The second-order valence-electron chi connectivity index (χ2n) is 4.21. The van der Waals surface area contributed by atoms with Crippen LogP contribution in [-0.4, -0.2) is 19.6 Å². The number of methoxy groups -OCH3 is 1. The molecule has 0 aromatic carbocycles. The highest BCUT2D eigenvalue weighted by atomic mass is 35.5. The highest BCUT2D eigenvalue weighted by Gasteiger charge is 2.57. The van der Waals surface area contributed by atoms with E-state index in [2.05, 4.69) is 0 Å². The number of halogens is 1. The van der Waals surface area contributed by atoms with E-state index in [1.807, 2.05) is 0 Å². The number of hydrogen-bond donors (Lipinski definition) is 1. The van der Waals surface area contributed by atoms with Gasteiger partial charge >= 0.3 is 5.97 Å². The number of ether oxygens (including phenoxy) is 1. The molecule has 3 rings (SSSR count). The van der Waals surface area contributed by atoms with E-state index in [1.165, 1.54) is 7.11 Å². The lowest BCUT2D eigenvalue weighted by Gasteiger charge is -2.37. The number of fused-ring (bicyclic) bond motifs is 1. The van der Waals surface area contributed by atoms with Crippen molar-refractivity contribution in [1.82, 2.24) is 0 Å². The Labute approximate surface area is 84.4 Å². The standard InChI is InChI=1S/C9H15NO2.ClH/c1-12-8(11)7-4-9(5-10)2-6(7)3-9;/h6-7H,2-5,10H2,1H3;1H. The van der Waals surface area contributed by atoms with Crippen molar-refractivity contribution >= 4 is 18.4 Å². The van der Waals surface area contributed by atoms with Crippen LogP contribution >= 0.6 is 12.4 Å². The average Bonchev–Trinajstić information content (AvgIpc) is 2.56. The highest BCUT2D eigenvalue weighted by molar-refractivity contribution is 5.85. The summed E-state index contributed by atoms with van der Waals surface area (Å²) in [6.07, 6.45) is 3.24. The molecule has 0 aromatic rings. The van der Waals surface area contributed by atoms with Crippen molar-refractivity contribution in [3.8, 4) is 0 Å². The molecule has 76 valence electrons. The van der Waals surface area contributed by atoms with Gasteiger partial charge in [-0.2, -0.15) is 0 Å². The van der Waals surface area contributed by atoms with Gasteiger partial charge in [-0.25, -0.2) is 0 Å². The van der Waals surface area contributed by atoms with Crippen LogP contribution in [0, 0.1) is 17.3 Å². The van der Waals surface area contributed by atoms with Crippen molar-refractivity contribution in [2.75, 3.05) is 13.7 Å². The third kappa shape index (κ3) is 1.44. The quantitative estimate of drug-likeness (QED) is 0.684. The molecule has 1 atom stereocenters. The van der Waals surface area contributed by atoms with Crippen LogP contribution in [0.25, 0.3) is 0 Å². The molecule has 2 bridgehead atoms. The molecule has 3 saturated carbocycles. The smallest absolute Gasteiger partial charge is 0.308 e. The van der Waals surface area contributed by atoms with E-state index in [0.717, 1.165) is 25.8 Å². The third-order valence-corrected chi connectivity index (χ3v) is 3.55. The molecule has 0 aromatic heterocycles. The van der Waals surface area contributed by atoms with Crippen LogP contribution in [-0.2, 0) is 9.53 Å². The van der Waals surface area contributed by atoms with Crippen LogP contribution in [0.15, 0.2) is 0 Å². The molecule has 3 aliphatic carbocycles. The second kappa shape index (κ2) is 3.46. The molecule has 13 heavy (non-hydrogen) atoms. The summed E-state index contributed by atoms with van der Waals surface area (Å²) < 4.78 is 4.74. The SMILES string of the molecule is COC(=O)C1CC2(CN)CC1C2.Cl. The highest BCUT2D eigenvalue weighted by Crippen LogP contribution is 2.61. The number of rotatable bonds is 2. The normalized spacial score (nSPS) is 40.5. The first-order chi connectivity index (χ1) is 5.71. The van der Waals surface area contributed by atoms with E-state index in [9.17, 15) is 4.79 Å². The van der Waals surface area contributed by atoms with Crippen LogP contribution in [0.3, 0.4) is 0 Å². The summed E-state index contributed by atoms with van der Waals surface area (Å²) in [5.41, 5.74) is 5.97. The maximum atomic E-state index is 11.2. The first-order valence-electron chi connectivity index (χ1n) is 4.49. The van der Waals surface area contributed by atoms with Crippen LogP contribution in [0.4, 0.5) is 0 Å². The molecule has 0 saturated heterocycles. The molecular formula is C9H16ClNO2. The summed E-state index contributed by atoms with van der Waals surface area (Å²) in [6, 6.07) is 0. The fraction of sp³-hybridized carbons (Fsp3) is 0.889. The minimum atomic E-state index is -0.0344. The second-order valence-corrected chi connectivity index (χ2v) is 4.21. The Kier molecular flexibility index (Phi) is 2.88. The Hall–Kier alpha value is -0.280. The van der Waals surface area contributed by atoms with Gasteiger partial charge in [-0.3, -0.25) is 4.79 Å². The van der Waals surface area contributed by atoms with Crippen LogP contribution < -0.4 is 5.73 Å². The number of hydrogen-bond acceptors (Lipinski definition) is 3. The number of nitrogens with two attached hydrogens (primary N) is 1. The van der Waals surface area contributed by atoms with E-state index in [1.54, 1.807) is 0 Å². The summed E-state index contributed by atoms with van der Waals surface area (Å²) in [5, 5.41) is 0. The first kappa shape index (κ1) is 10.8. The lowest BCUT2D eigenvalue weighted by Crippen LogP contribution is -2.35. The lowest BCUT2D eigenvalue weighted by atomic mass is 9.69. The zero-order valence-electron chi connectivity index (χ0n) is 7.79. The molecule has 0 spiro atoms. The Morgan fingerprint density at radius 2 is 2.15 bits per heavy atom. The first-order valence-corrected chi connectivity index (χ1v) is 4.49. The van der Waals surface area contributed by atoms with Crippen LogP contribution in [0.2, 0.25) is 0 Å². The van der Waals surface area contributed by atoms with Gasteiger partial charge in [0.05, 0.1) is 13.0 Å². The van der Waals surface area contributed by atoms with Gasteiger partial charge in [0, 0.05) is 0 Å². The fourth-order valence-electron chi connectivity index (χ4n) is 2.81. The molecule has 0 heterocycles. The zero-order valence-corrected chi connectivity index (χ0v) is 8.60. The van der Waals surface area contributed by atoms with Crippen LogP contribution in [0.1, 0.15) is 19.3 Å². The summed E-state index contributed by atoms with van der Waals surface area (Å²) in [6.45, 7) is 0.733. The molecule has 0 aliphatic heterocycles. The van der Waals surface area contributed by atoms with E-state index >= 15 is 0 Å². The molecule has 0 amide bonds. The number of carbonyl (C=O) groups is 1. The predicted octanol–water partition coefficient (Wildman–Crippen LogP) is 0.956. The summed E-state index contributed by atoms with van der Waals surface area (Å²) in [7, 11) is 1.47. The average molecular weight is 206 g/mol. The predicted molar refractivity (Wildman–Crippen MR) is 51.6 cm³/mol. The number of carbonyl (C=O) groups excluding carboxylic acids is 1. The Bertz CT molecular complexity index is 214. The lowest BCUT2D eigenvalue weighted by molar-refractivity contribution is -0.146. The Balaban J connectivity index is 0.000000845. The van der Waals surface area contributed by atoms with Crippen molar-refractivity contribution in [2.45, 2.75) is 19.3 Å². The zero-order chi connectivity index (χ0) is 8.77. The fourth-order valence-corrected chi connectivity index (χ4v) is 2.81. The van der Waals surface area contributed by atoms with Gasteiger partial charge in [0.1, 0.15) is 0 Å². The van der Waals surface area contributed by atoms with Crippen molar-refractivity contribution in [1.29, 1.82) is 0 Å². The topological polar surface area (TPSA) is 52.3 Å². The van der Waals surface area contributed by atoms with Gasteiger partial charge in [0.15, 0.2) is 0 Å². The maximum Gasteiger partial charge on any atom is 0.308 e. The van der Waals surface area contributed by atoms with Gasteiger partial charge in [0.2, 0.25) is 0 Å². The van der Waals surface area contributed by atoms with E-state index < -0.39 is 0 Å². The minimum Gasteiger partial charge on any atom is -0.469 e. The Morgan fingerprint density at radius 1 is 1.54 bits per heavy atom. The van der Waals surface area contributed by atoms with E-state index in [4.69, 9.17) is 10.5 Å². The molecule has 3 aliphatic rings. The van der Waals surface area contributed by atoms with E-state index in [0.29, 0.717) is 11.3 Å². The molecule has 3 fully saturated rings. The maximum absolute atomic E-state index is 11.2. The number of esters is 1. The third-order valence-electron chi connectivity index (χ3n) is 3.55. The van der Waals surface area contributed by atoms with Crippen molar-refractivity contribution < 1.29 is 9.53 Å². The minimum absolute atomic E-state index is 0. The van der Waals surface area contributed by atoms with E-state index in [-0.39, 0.29) is 24.3 Å². The molecule has 3 nitrogen and oxygen atoms in total. The summed E-state index contributed by atoms with van der Waals surface area (Å²) in [4.78, 5) is 11.2. The summed E-state index contributed by atoms with van der Waals surface area (Å²) in [5.74, 6) is 0.687. The molecule has 1 unspecified atom stereocenters. The van der Waals surface area contributed by atoms with Crippen molar-refractivity contribution in [3.63, 3.8) is 0 Å². The van der Waals surface area contributed by atoms with Gasteiger partial charge in [-0.15, -0.1) is 12.4 Å². The largest absolute Gasteiger partial charge is 0.469 e.